The Balaban J connectivity index is 3.16. The van der Waals surface area contributed by atoms with Crippen molar-refractivity contribution in [2.45, 2.75) is 0 Å². The molecule has 0 heterocycles. The molecule has 1 aromatic carbocycles. The lowest BCUT2D eigenvalue weighted by Gasteiger charge is -2.02. The first-order valence-corrected chi connectivity index (χ1v) is 5.09. The summed E-state index contributed by atoms with van der Waals surface area (Å²) >= 11 is 2.11. The summed E-state index contributed by atoms with van der Waals surface area (Å²) in [6.07, 6.45) is 0.810. The third kappa shape index (κ3) is 3.35. The highest BCUT2D eigenvalue weighted by molar-refractivity contribution is 14.1. The molecule has 1 rings (SSSR count). The summed E-state index contributed by atoms with van der Waals surface area (Å²) < 4.78 is 0.996. The smallest absolute Gasteiger partial charge is 0.329 e. The number of carbonyl (C=O) groups is 2. The van der Waals surface area contributed by atoms with Gasteiger partial charge in [-0.05, 0) is 40.3 Å². The number of hydrogen-bond acceptors (Lipinski definition) is 2. The minimum atomic E-state index is -1.19. The number of rotatable bonds is 3. The molecule has 0 bridgehead atoms. The van der Waals surface area contributed by atoms with Crippen LogP contribution in [0.3, 0.4) is 0 Å². The number of halogens is 1. The summed E-state index contributed by atoms with van der Waals surface area (Å²) in [7, 11) is 0. The number of amides is 1. The van der Waals surface area contributed by atoms with Gasteiger partial charge in [-0.1, -0.05) is 12.1 Å². The van der Waals surface area contributed by atoms with E-state index in [0.717, 1.165) is 9.65 Å². The van der Waals surface area contributed by atoms with Crippen molar-refractivity contribution in [3.05, 3.63) is 39.5 Å². The second-order valence-electron chi connectivity index (χ2n) is 2.77. The van der Waals surface area contributed by atoms with Crippen LogP contribution >= 0.6 is 22.6 Å². The molecule has 4 nitrogen and oxygen atoms in total. The zero-order chi connectivity index (χ0) is 11.4. The van der Waals surface area contributed by atoms with Crippen LogP contribution in [0, 0.1) is 3.57 Å². The maximum absolute atomic E-state index is 11.0. The number of carboxylic acids is 1. The molecule has 0 saturated heterocycles. The molecule has 3 N–H and O–H groups in total. The number of aliphatic carboxylic acids is 1. The van der Waals surface area contributed by atoms with Gasteiger partial charge in [-0.2, -0.15) is 0 Å². The summed E-state index contributed by atoms with van der Waals surface area (Å²) in [6.45, 7) is 0. The molecule has 0 spiro atoms. The van der Waals surface area contributed by atoms with Gasteiger partial charge in [0.15, 0.2) is 0 Å². The van der Waals surface area contributed by atoms with E-state index in [2.05, 4.69) is 22.6 Å². The summed E-state index contributed by atoms with van der Waals surface area (Å²) in [5, 5.41) is 8.56. The van der Waals surface area contributed by atoms with E-state index in [4.69, 9.17) is 10.8 Å². The van der Waals surface area contributed by atoms with Gasteiger partial charge in [0.25, 0.3) is 0 Å². The van der Waals surface area contributed by atoms with Crippen LogP contribution in [0.15, 0.2) is 30.3 Å². The van der Waals surface area contributed by atoms with Gasteiger partial charge in [-0.25, -0.2) is 4.79 Å². The lowest BCUT2D eigenvalue weighted by atomic mass is 10.1. The van der Waals surface area contributed by atoms with Crippen LogP contribution in [-0.2, 0) is 9.59 Å². The SMILES string of the molecule is NC(=O)/C(=C\C(=O)O)c1ccc(I)cc1. The van der Waals surface area contributed by atoms with Crippen molar-refractivity contribution in [3.63, 3.8) is 0 Å². The van der Waals surface area contributed by atoms with Crippen molar-refractivity contribution < 1.29 is 14.7 Å². The third-order valence-corrected chi connectivity index (χ3v) is 2.41. The van der Waals surface area contributed by atoms with Crippen LogP contribution in [0.1, 0.15) is 5.56 Å². The first-order chi connectivity index (χ1) is 7.00. The second kappa shape index (κ2) is 4.92. The topological polar surface area (TPSA) is 80.4 Å². The predicted octanol–water partition coefficient (Wildman–Crippen LogP) is 1.24. The number of hydrogen-bond donors (Lipinski definition) is 2. The summed E-state index contributed by atoms with van der Waals surface area (Å²) in [6, 6.07) is 6.85. The van der Waals surface area contributed by atoms with Gasteiger partial charge < -0.3 is 10.8 Å². The molecule has 78 valence electrons. The number of primary amides is 1. The Morgan fingerprint density at radius 1 is 1.27 bits per heavy atom. The van der Waals surface area contributed by atoms with Gasteiger partial charge in [0.1, 0.15) is 0 Å². The first-order valence-electron chi connectivity index (χ1n) is 4.01. The van der Waals surface area contributed by atoms with E-state index < -0.39 is 11.9 Å². The van der Waals surface area contributed by atoms with Crippen molar-refractivity contribution >= 4 is 40.0 Å². The normalized spacial score (nSPS) is 11.1. The molecule has 0 radical (unpaired) electrons. The molecule has 1 amide bonds. The molecule has 0 fully saturated rings. The minimum Gasteiger partial charge on any atom is -0.478 e. The molecule has 0 unspecified atom stereocenters. The van der Waals surface area contributed by atoms with Crippen LogP contribution in [0.5, 0.6) is 0 Å². The highest BCUT2D eigenvalue weighted by atomic mass is 127. The fraction of sp³-hybridized carbons (Fsp3) is 0. The summed E-state index contributed by atoms with van der Waals surface area (Å²) in [4.78, 5) is 21.5. The Bertz CT molecular complexity index is 423. The zero-order valence-electron chi connectivity index (χ0n) is 7.61. The molecule has 0 saturated carbocycles. The average molecular weight is 317 g/mol. The van der Waals surface area contributed by atoms with Crippen LogP contribution in [0.2, 0.25) is 0 Å². The fourth-order valence-electron chi connectivity index (χ4n) is 1.05. The van der Waals surface area contributed by atoms with E-state index in [0.29, 0.717) is 5.56 Å². The van der Waals surface area contributed by atoms with E-state index in [9.17, 15) is 9.59 Å². The Kier molecular flexibility index (Phi) is 3.84. The quantitative estimate of drug-likeness (QED) is 0.650. The van der Waals surface area contributed by atoms with Crippen molar-refractivity contribution in [3.8, 4) is 0 Å². The molecule has 1 aromatic rings. The maximum atomic E-state index is 11.0. The second-order valence-corrected chi connectivity index (χ2v) is 4.01. The fourth-order valence-corrected chi connectivity index (χ4v) is 1.41. The Hall–Kier alpha value is -1.37. The third-order valence-electron chi connectivity index (χ3n) is 1.69. The first kappa shape index (κ1) is 11.7. The molecule has 15 heavy (non-hydrogen) atoms. The zero-order valence-corrected chi connectivity index (χ0v) is 9.76. The molecule has 0 atom stereocenters. The number of carboxylic acid groups (broad SMARTS) is 1. The van der Waals surface area contributed by atoms with Gasteiger partial charge >= 0.3 is 5.97 Å². The van der Waals surface area contributed by atoms with Crippen LogP contribution < -0.4 is 5.73 Å². The minimum absolute atomic E-state index is 0.00102. The van der Waals surface area contributed by atoms with E-state index in [1.54, 1.807) is 24.3 Å². The Morgan fingerprint density at radius 3 is 2.20 bits per heavy atom. The average Bonchev–Trinajstić information content (AvgIpc) is 2.15. The van der Waals surface area contributed by atoms with E-state index >= 15 is 0 Å². The van der Waals surface area contributed by atoms with E-state index in [1.807, 2.05) is 0 Å². The lowest BCUT2D eigenvalue weighted by molar-refractivity contribution is -0.131. The molecule has 0 aromatic heterocycles. The largest absolute Gasteiger partial charge is 0.478 e. The molecule has 0 aliphatic heterocycles. The molecular weight excluding hydrogens is 309 g/mol. The Labute approximate surface area is 99.9 Å². The van der Waals surface area contributed by atoms with Crippen molar-refractivity contribution in [2.75, 3.05) is 0 Å². The number of carbonyl (C=O) groups excluding carboxylic acids is 1. The van der Waals surface area contributed by atoms with E-state index in [-0.39, 0.29) is 5.57 Å². The van der Waals surface area contributed by atoms with Gasteiger partial charge in [-0.3, -0.25) is 4.79 Å². The molecule has 5 heteroatoms. The van der Waals surface area contributed by atoms with Gasteiger partial charge in [0.2, 0.25) is 5.91 Å². The molecule has 0 aliphatic carbocycles. The number of nitrogens with two attached hydrogens (primary N) is 1. The monoisotopic (exact) mass is 317 g/mol. The highest BCUT2D eigenvalue weighted by Gasteiger charge is 2.09. The highest BCUT2D eigenvalue weighted by Crippen LogP contribution is 2.15. The molecule has 0 aliphatic rings. The standard InChI is InChI=1S/C10H8INO3/c11-7-3-1-6(2-4-7)8(10(12)15)5-9(13)14/h1-5H,(H2,12,15)(H,13,14)/b8-5-. The maximum Gasteiger partial charge on any atom is 0.329 e. The van der Waals surface area contributed by atoms with Crippen LogP contribution in [0.25, 0.3) is 5.57 Å². The van der Waals surface area contributed by atoms with Crippen molar-refractivity contribution in [1.29, 1.82) is 0 Å². The summed E-state index contributed by atoms with van der Waals surface area (Å²) in [5.41, 5.74) is 5.59. The predicted molar refractivity (Wildman–Crippen MR) is 64.0 cm³/mol. The lowest BCUT2D eigenvalue weighted by Crippen LogP contribution is -2.14. The van der Waals surface area contributed by atoms with Crippen LogP contribution in [0.4, 0.5) is 0 Å². The van der Waals surface area contributed by atoms with Gasteiger partial charge in [0.05, 0.1) is 5.57 Å². The number of benzene rings is 1. The Morgan fingerprint density at radius 2 is 1.80 bits per heavy atom. The molecular formula is C10H8INO3. The summed E-state index contributed by atoms with van der Waals surface area (Å²) in [5.74, 6) is -1.94. The van der Waals surface area contributed by atoms with Crippen molar-refractivity contribution in [1.82, 2.24) is 0 Å². The van der Waals surface area contributed by atoms with E-state index in [1.165, 1.54) is 0 Å². The van der Waals surface area contributed by atoms with Crippen molar-refractivity contribution in [2.24, 2.45) is 5.73 Å². The van der Waals surface area contributed by atoms with Gasteiger partial charge in [0, 0.05) is 9.65 Å². The van der Waals surface area contributed by atoms with Gasteiger partial charge in [-0.15, -0.1) is 0 Å². The van der Waals surface area contributed by atoms with Crippen LogP contribution in [-0.4, -0.2) is 17.0 Å².